The Morgan fingerprint density at radius 2 is 2.12 bits per heavy atom. The molecular formula is C10H16N4O3. The van der Waals surface area contributed by atoms with Gasteiger partial charge in [-0.15, -0.1) is 5.10 Å². The smallest absolute Gasteiger partial charge is 0.358 e. The molecule has 1 saturated heterocycles. The Kier molecular flexibility index (Phi) is 3.70. The van der Waals surface area contributed by atoms with Gasteiger partial charge in [-0.05, 0) is 6.92 Å². The lowest BCUT2D eigenvalue weighted by atomic mass is 10.3. The van der Waals surface area contributed by atoms with Crippen molar-refractivity contribution >= 4 is 5.97 Å². The number of carboxylic acid groups (broad SMARTS) is 1. The average molecular weight is 240 g/mol. The highest BCUT2D eigenvalue weighted by Gasteiger charge is 2.16. The van der Waals surface area contributed by atoms with Crippen LogP contribution in [0.4, 0.5) is 0 Å². The van der Waals surface area contributed by atoms with Crippen LogP contribution < -0.4 is 0 Å². The lowest BCUT2D eigenvalue weighted by Crippen LogP contribution is -2.38. The highest BCUT2D eigenvalue weighted by Crippen LogP contribution is 2.04. The summed E-state index contributed by atoms with van der Waals surface area (Å²) in [5.41, 5.74) is 0.637. The second-order valence-electron chi connectivity index (χ2n) is 4.01. The Morgan fingerprint density at radius 1 is 1.41 bits per heavy atom. The first-order valence-corrected chi connectivity index (χ1v) is 5.62. The lowest BCUT2D eigenvalue weighted by molar-refractivity contribution is 0.0358. The number of rotatable bonds is 4. The Bertz CT molecular complexity index is 398. The number of aromatic carboxylic acids is 1. The van der Waals surface area contributed by atoms with Gasteiger partial charge in [-0.25, -0.2) is 9.48 Å². The molecule has 1 aromatic heterocycles. The van der Waals surface area contributed by atoms with Crippen LogP contribution in [-0.4, -0.2) is 63.8 Å². The van der Waals surface area contributed by atoms with Gasteiger partial charge >= 0.3 is 5.97 Å². The molecule has 0 atom stereocenters. The number of hydrogen-bond acceptors (Lipinski definition) is 5. The van der Waals surface area contributed by atoms with Crippen molar-refractivity contribution in [1.82, 2.24) is 19.9 Å². The minimum atomic E-state index is -1.03. The standard InChI is InChI=1S/C10H16N4O3/c1-8-9(10(15)16)11-12-14(8)3-2-13-4-6-17-7-5-13/h2-7H2,1H3,(H,15,16). The number of aromatic nitrogens is 3. The van der Waals surface area contributed by atoms with Crippen molar-refractivity contribution in [2.45, 2.75) is 13.5 Å². The summed E-state index contributed by atoms with van der Waals surface area (Å²) in [5, 5.41) is 16.4. The van der Waals surface area contributed by atoms with E-state index in [4.69, 9.17) is 9.84 Å². The second-order valence-corrected chi connectivity index (χ2v) is 4.01. The van der Waals surface area contributed by atoms with Gasteiger partial charge in [0.15, 0.2) is 5.69 Å². The quantitative estimate of drug-likeness (QED) is 0.772. The Labute approximate surface area is 99.0 Å². The van der Waals surface area contributed by atoms with E-state index in [1.54, 1.807) is 11.6 Å². The van der Waals surface area contributed by atoms with Crippen LogP contribution in [0.3, 0.4) is 0 Å². The zero-order chi connectivity index (χ0) is 12.3. The summed E-state index contributed by atoms with van der Waals surface area (Å²) in [5.74, 6) is -1.03. The number of hydrogen-bond donors (Lipinski definition) is 1. The fourth-order valence-corrected chi connectivity index (χ4v) is 1.83. The van der Waals surface area contributed by atoms with E-state index in [0.717, 1.165) is 32.8 Å². The van der Waals surface area contributed by atoms with Crippen molar-refractivity contribution in [3.05, 3.63) is 11.4 Å². The van der Waals surface area contributed by atoms with Gasteiger partial charge in [-0.2, -0.15) is 0 Å². The predicted octanol–water partition coefficient (Wildman–Crippen LogP) is -0.383. The van der Waals surface area contributed by atoms with Crippen molar-refractivity contribution in [3.8, 4) is 0 Å². The number of carbonyl (C=O) groups is 1. The zero-order valence-electron chi connectivity index (χ0n) is 9.80. The van der Waals surface area contributed by atoms with Crippen LogP contribution in [0, 0.1) is 6.92 Å². The van der Waals surface area contributed by atoms with E-state index in [1.165, 1.54) is 0 Å². The van der Waals surface area contributed by atoms with E-state index >= 15 is 0 Å². The molecule has 2 heterocycles. The molecule has 1 N–H and O–H groups in total. The molecule has 94 valence electrons. The van der Waals surface area contributed by atoms with Crippen LogP contribution in [0.1, 0.15) is 16.2 Å². The largest absolute Gasteiger partial charge is 0.476 e. The van der Waals surface area contributed by atoms with E-state index in [0.29, 0.717) is 12.2 Å². The van der Waals surface area contributed by atoms with Gasteiger partial charge in [0.25, 0.3) is 0 Å². The molecule has 0 amide bonds. The fourth-order valence-electron chi connectivity index (χ4n) is 1.83. The van der Waals surface area contributed by atoms with Crippen molar-refractivity contribution in [2.75, 3.05) is 32.8 Å². The first-order valence-electron chi connectivity index (χ1n) is 5.62. The lowest BCUT2D eigenvalue weighted by Gasteiger charge is -2.26. The Balaban J connectivity index is 1.92. The predicted molar refractivity (Wildman–Crippen MR) is 59.0 cm³/mol. The molecule has 1 aliphatic rings. The maximum absolute atomic E-state index is 10.8. The van der Waals surface area contributed by atoms with E-state index in [1.807, 2.05) is 0 Å². The molecular weight excluding hydrogens is 224 g/mol. The molecule has 0 radical (unpaired) electrons. The summed E-state index contributed by atoms with van der Waals surface area (Å²) in [6.07, 6.45) is 0. The molecule has 0 aliphatic carbocycles. The van der Waals surface area contributed by atoms with Crippen molar-refractivity contribution < 1.29 is 14.6 Å². The normalized spacial score (nSPS) is 17.2. The third kappa shape index (κ3) is 2.80. The first kappa shape index (κ1) is 12.0. The first-order chi connectivity index (χ1) is 8.18. The van der Waals surface area contributed by atoms with Gasteiger partial charge in [0, 0.05) is 19.6 Å². The van der Waals surface area contributed by atoms with Gasteiger partial charge in [-0.1, -0.05) is 5.21 Å². The molecule has 1 fully saturated rings. The maximum Gasteiger partial charge on any atom is 0.358 e. The summed E-state index contributed by atoms with van der Waals surface area (Å²) >= 11 is 0. The van der Waals surface area contributed by atoms with Crippen LogP contribution in [0.2, 0.25) is 0 Å². The zero-order valence-corrected chi connectivity index (χ0v) is 9.80. The summed E-state index contributed by atoms with van der Waals surface area (Å²) in [7, 11) is 0. The molecule has 0 aromatic carbocycles. The number of nitrogens with zero attached hydrogens (tertiary/aromatic N) is 4. The minimum absolute atomic E-state index is 0.0342. The van der Waals surface area contributed by atoms with Gasteiger partial charge in [0.2, 0.25) is 0 Å². The van der Waals surface area contributed by atoms with Gasteiger partial charge in [0.1, 0.15) is 0 Å². The molecule has 2 rings (SSSR count). The summed E-state index contributed by atoms with van der Waals surface area (Å²) in [4.78, 5) is 13.1. The molecule has 7 nitrogen and oxygen atoms in total. The van der Waals surface area contributed by atoms with Crippen LogP contribution in [0.15, 0.2) is 0 Å². The third-order valence-electron chi connectivity index (χ3n) is 2.92. The van der Waals surface area contributed by atoms with Crippen LogP contribution in [0.5, 0.6) is 0 Å². The fraction of sp³-hybridized carbons (Fsp3) is 0.700. The molecule has 17 heavy (non-hydrogen) atoms. The van der Waals surface area contributed by atoms with Crippen molar-refractivity contribution in [2.24, 2.45) is 0 Å². The highest BCUT2D eigenvalue weighted by atomic mass is 16.5. The van der Waals surface area contributed by atoms with Crippen molar-refractivity contribution in [1.29, 1.82) is 0 Å². The Hall–Kier alpha value is -1.47. The molecule has 1 aliphatic heterocycles. The Morgan fingerprint density at radius 3 is 2.71 bits per heavy atom. The van der Waals surface area contributed by atoms with Gasteiger partial charge < -0.3 is 9.84 Å². The van der Waals surface area contributed by atoms with E-state index < -0.39 is 5.97 Å². The maximum atomic E-state index is 10.8. The van der Waals surface area contributed by atoms with Gasteiger partial charge in [0.05, 0.1) is 25.5 Å². The molecule has 0 saturated carbocycles. The van der Waals surface area contributed by atoms with Crippen LogP contribution in [-0.2, 0) is 11.3 Å². The van der Waals surface area contributed by atoms with E-state index in [2.05, 4.69) is 15.2 Å². The van der Waals surface area contributed by atoms with Crippen LogP contribution >= 0.6 is 0 Å². The SMILES string of the molecule is Cc1c(C(=O)O)nnn1CCN1CCOCC1. The topological polar surface area (TPSA) is 80.5 Å². The highest BCUT2D eigenvalue weighted by molar-refractivity contribution is 5.86. The number of morpholine rings is 1. The third-order valence-corrected chi connectivity index (χ3v) is 2.92. The average Bonchev–Trinajstić information content (AvgIpc) is 2.69. The second kappa shape index (κ2) is 5.24. The monoisotopic (exact) mass is 240 g/mol. The summed E-state index contributed by atoms with van der Waals surface area (Å²) < 4.78 is 6.89. The van der Waals surface area contributed by atoms with E-state index in [-0.39, 0.29) is 5.69 Å². The molecule has 0 spiro atoms. The molecule has 7 heteroatoms. The minimum Gasteiger partial charge on any atom is -0.476 e. The molecule has 1 aromatic rings. The molecule has 0 unspecified atom stereocenters. The van der Waals surface area contributed by atoms with Crippen LogP contribution in [0.25, 0.3) is 0 Å². The summed E-state index contributed by atoms with van der Waals surface area (Å²) in [6, 6.07) is 0. The van der Waals surface area contributed by atoms with Crippen molar-refractivity contribution in [3.63, 3.8) is 0 Å². The van der Waals surface area contributed by atoms with Gasteiger partial charge in [-0.3, -0.25) is 4.90 Å². The number of ether oxygens (including phenoxy) is 1. The molecule has 0 bridgehead atoms. The summed E-state index contributed by atoms with van der Waals surface area (Å²) in [6.45, 7) is 6.58. The number of carboxylic acids is 1. The van der Waals surface area contributed by atoms with E-state index in [9.17, 15) is 4.79 Å².